The lowest BCUT2D eigenvalue weighted by atomic mass is 10.1. The van der Waals surface area contributed by atoms with E-state index in [0.29, 0.717) is 6.42 Å². The van der Waals surface area contributed by atoms with E-state index in [2.05, 4.69) is 34.1 Å². The number of hydrogen-bond donors (Lipinski definition) is 0. The standard InChI is InChI=1S/C22H25N3O/c26-22(11-7-10-18-8-3-1-4-9-18)25-17-23-20-16-19(12-13-21(20)25)24-14-5-2-6-15-24/h1,3-4,8-9,12-13,16-17H,2,5-7,10-11,14-15H2. The second kappa shape index (κ2) is 7.73. The maximum Gasteiger partial charge on any atom is 0.232 e. The third-order valence-corrected chi connectivity index (χ3v) is 5.22. The van der Waals surface area contributed by atoms with Gasteiger partial charge < -0.3 is 4.90 Å². The average Bonchev–Trinajstić information content (AvgIpc) is 3.13. The summed E-state index contributed by atoms with van der Waals surface area (Å²) >= 11 is 0. The SMILES string of the molecule is O=C(CCCc1ccccc1)n1cnc2cc(N3CCCCC3)ccc21. The van der Waals surface area contributed by atoms with Gasteiger partial charge >= 0.3 is 0 Å². The first-order valence-corrected chi connectivity index (χ1v) is 9.60. The quantitative estimate of drug-likeness (QED) is 0.672. The Morgan fingerprint density at radius 1 is 1.00 bits per heavy atom. The number of carbonyl (C=O) groups is 1. The number of aryl methyl sites for hydroxylation is 1. The molecule has 2 aromatic carbocycles. The van der Waals surface area contributed by atoms with Gasteiger partial charge in [-0.3, -0.25) is 9.36 Å². The van der Waals surface area contributed by atoms with Gasteiger partial charge in [-0.1, -0.05) is 30.3 Å². The van der Waals surface area contributed by atoms with E-state index in [1.807, 2.05) is 24.3 Å². The molecule has 0 aliphatic carbocycles. The Balaban J connectivity index is 1.43. The molecule has 3 aromatic rings. The Morgan fingerprint density at radius 2 is 1.81 bits per heavy atom. The van der Waals surface area contributed by atoms with Crippen molar-refractivity contribution in [3.8, 4) is 0 Å². The lowest BCUT2D eigenvalue weighted by molar-refractivity contribution is 0.0905. The largest absolute Gasteiger partial charge is 0.371 e. The molecule has 0 saturated carbocycles. The van der Waals surface area contributed by atoms with Crippen LogP contribution in [0.1, 0.15) is 42.5 Å². The molecule has 1 aromatic heterocycles. The summed E-state index contributed by atoms with van der Waals surface area (Å²) in [6.07, 6.45) is 7.83. The molecule has 0 atom stereocenters. The molecule has 4 nitrogen and oxygen atoms in total. The number of aromatic nitrogens is 2. The van der Waals surface area contributed by atoms with Crippen molar-refractivity contribution in [3.05, 3.63) is 60.4 Å². The molecule has 0 unspecified atom stereocenters. The summed E-state index contributed by atoms with van der Waals surface area (Å²) in [5.41, 5.74) is 4.32. The van der Waals surface area contributed by atoms with Gasteiger partial charge in [0.15, 0.2) is 0 Å². The number of piperidine rings is 1. The van der Waals surface area contributed by atoms with Crippen LogP contribution in [0.3, 0.4) is 0 Å². The van der Waals surface area contributed by atoms with Crippen LogP contribution < -0.4 is 4.90 Å². The molecule has 4 heteroatoms. The minimum Gasteiger partial charge on any atom is -0.371 e. The molecule has 4 rings (SSSR count). The summed E-state index contributed by atoms with van der Waals surface area (Å²) in [7, 11) is 0. The molecule has 1 aliphatic rings. The van der Waals surface area contributed by atoms with Crippen molar-refractivity contribution in [2.45, 2.75) is 38.5 Å². The van der Waals surface area contributed by atoms with Gasteiger partial charge in [0, 0.05) is 25.2 Å². The summed E-state index contributed by atoms with van der Waals surface area (Å²) in [4.78, 5) is 19.5. The molecule has 2 heterocycles. The lowest BCUT2D eigenvalue weighted by Gasteiger charge is -2.28. The van der Waals surface area contributed by atoms with Gasteiger partial charge in [0.25, 0.3) is 0 Å². The first-order chi connectivity index (χ1) is 12.8. The van der Waals surface area contributed by atoms with Gasteiger partial charge in [0.2, 0.25) is 5.91 Å². The minimum atomic E-state index is 0.120. The van der Waals surface area contributed by atoms with Crippen molar-refractivity contribution >= 4 is 22.6 Å². The first-order valence-electron chi connectivity index (χ1n) is 9.60. The zero-order valence-corrected chi connectivity index (χ0v) is 15.1. The molecular formula is C22H25N3O. The third kappa shape index (κ3) is 3.64. The predicted octanol–water partition coefficient (Wildman–Crippen LogP) is 4.69. The highest BCUT2D eigenvalue weighted by molar-refractivity contribution is 5.91. The Kier molecular flexibility index (Phi) is 5.00. The van der Waals surface area contributed by atoms with Gasteiger partial charge in [0.05, 0.1) is 11.0 Å². The highest BCUT2D eigenvalue weighted by Gasteiger charge is 2.14. The van der Waals surface area contributed by atoms with Gasteiger partial charge in [-0.05, 0) is 55.9 Å². The van der Waals surface area contributed by atoms with Crippen molar-refractivity contribution in [3.63, 3.8) is 0 Å². The molecule has 1 saturated heterocycles. The van der Waals surface area contributed by atoms with Crippen molar-refractivity contribution < 1.29 is 4.79 Å². The predicted molar refractivity (Wildman–Crippen MR) is 106 cm³/mol. The highest BCUT2D eigenvalue weighted by Crippen LogP contribution is 2.24. The zero-order valence-electron chi connectivity index (χ0n) is 15.1. The first kappa shape index (κ1) is 16.8. The zero-order chi connectivity index (χ0) is 17.8. The van der Waals surface area contributed by atoms with E-state index in [9.17, 15) is 4.79 Å². The summed E-state index contributed by atoms with van der Waals surface area (Å²) < 4.78 is 1.71. The second-order valence-corrected chi connectivity index (χ2v) is 7.07. The van der Waals surface area contributed by atoms with Crippen LogP contribution in [-0.2, 0) is 6.42 Å². The number of carbonyl (C=O) groups excluding carboxylic acids is 1. The average molecular weight is 347 g/mol. The summed E-state index contributed by atoms with van der Waals surface area (Å²) in [5.74, 6) is 0.120. The van der Waals surface area contributed by atoms with Crippen molar-refractivity contribution in [2.24, 2.45) is 0 Å². The molecular weight excluding hydrogens is 322 g/mol. The van der Waals surface area contributed by atoms with Crippen LogP contribution in [0.25, 0.3) is 11.0 Å². The van der Waals surface area contributed by atoms with E-state index in [4.69, 9.17) is 0 Å². The molecule has 26 heavy (non-hydrogen) atoms. The monoisotopic (exact) mass is 347 g/mol. The van der Waals surface area contributed by atoms with Crippen LogP contribution in [0, 0.1) is 0 Å². The number of imidazole rings is 1. The molecule has 0 bridgehead atoms. The number of fused-ring (bicyclic) bond motifs is 1. The minimum absolute atomic E-state index is 0.120. The van der Waals surface area contributed by atoms with E-state index < -0.39 is 0 Å². The molecule has 0 amide bonds. The molecule has 0 radical (unpaired) electrons. The van der Waals surface area contributed by atoms with Crippen LogP contribution in [0.2, 0.25) is 0 Å². The van der Waals surface area contributed by atoms with E-state index >= 15 is 0 Å². The Labute approximate surface area is 154 Å². The number of benzene rings is 2. The van der Waals surface area contributed by atoms with Crippen LogP contribution in [0.4, 0.5) is 5.69 Å². The topological polar surface area (TPSA) is 38.1 Å². The fraction of sp³-hybridized carbons (Fsp3) is 0.364. The smallest absolute Gasteiger partial charge is 0.232 e. The Morgan fingerprint density at radius 3 is 2.62 bits per heavy atom. The maximum absolute atomic E-state index is 12.6. The molecule has 0 spiro atoms. The number of anilines is 1. The fourth-order valence-corrected chi connectivity index (χ4v) is 3.76. The van der Waals surface area contributed by atoms with Crippen LogP contribution in [-0.4, -0.2) is 28.5 Å². The normalized spacial score (nSPS) is 14.7. The molecule has 134 valence electrons. The van der Waals surface area contributed by atoms with Gasteiger partial charge in [0.1, 0.15) is 6.33 Å². The summed E-state index contributed by atoms with van der Waals surface area (Å²) in [6.45, 7) is 2.23. The molecule has 1 fully saturated rings. The summed E-state index contributed by atoms with van der Waals surface area (Å²) in [6, 6.07) is 16.6. The van der Waals surface area contributed by atoms with Crippen molar-refractivity contribution in [1.29, 1.82) is 0 Å². The van der Waals surface area contributed by atoms with Crippen molar-refractivity contribution in [2.75, 3.05) is 18.0 Å². The molecule has 1 aliphatic heterocycles. The number of rotatable bonds is 5. The Bertz CT molecular complexity index is 879. The van der Waals surface area contributed by atoms with E-state index in [-0.39, 0.29) is 5.91 Å². The van der Waals surface area contributed by atoms with Crippen LogP contribution >= 0.6 is 0 Å². The number of nitrogens with zero attached hydrogens (tertiary/aromatic N) is 3. The lowest BCUT2D eigenvalue weighted by Crippen LogP contribution is -2.29. The van der Waals surface area contributed by atoms with E-state index in [0.717, 1.165) is 37.0 Å². The third-order valence-electron chi connectivity index (χ3n) is 5.22. The van der Waals surface area contributed by atoms with Crippen molar-refractivity contribution in [1.82, 2.24) is 9.55 Å². The van der Waals surface area contributed by atoms with Crippen LogP contribution in [0.5, 0.6) is 0 Å². The maximum atomic E-state index is 12.6. The van der Waals surface area contributed by atoms with E-state index in [1.54, 1.807) is 10.9 Å². The second-order valence-electron chi connectivity index (χ2n) is 7.07. The van der Waals surface area contributed by atoms with Gasteiger partial charge in [-0.2, -0.15) is 0 Å². The van der Waals surface area contributed by atoms with Crippen LogP contribution in [0.15, 0.2) is 54.9 Å². The van der Waals surface area contributed by atoms with Gasteiger partial charge in [-0.25, -0.2) is 4.98 Å². The number of hydrogen-bond acceptors (Lipinski definition) is 3. The fourth-order valence-electron chi connectivity index (χ4n) is 3.76. The van der Waals surface area contributed by atoms with Gasteiger partial charge in [-0.15, -0.1) is 0 Å². The summed E-state index contributed by atoms with van der Waals surface area (Å²) in [5, 5.41) is 0. The Hall–Kier alpha value is -2.62. The van der Waals surface area contributed by atoms with E-state index in [1.165, 1.54) is 30.5 Å². The highest BCUT2D eigenvalue weighted by atomic mass is 16.2. The molecule has 0 N–H and O–H groups in total.